The number of fused-ring (bicyclic) bond motifs is 1. The molecule has 0 aromatic carbocycles. The summed E-state index contributed by atoms with van der Waals surface area (Å²) in [4.78, 5) is 30.4. The summed E-state index contributed by atoms with van der Waals surface area (Å²) in [5.41, 5.74) is 2.20. The van der Waals surface area contributed by atoms with Crippen LogP contribution in [0, 0.1) is 6.92 Å². The molecule has 7 nitrogen and oxygen atoms in total. The van der Waals surface area contributed by atoms with Crippen molar-refractivity contribution in [2.24, 2.45) is 7.05 Å². The maximum absolute atomic E-state index is 12.7. The van der Waals surface area contributed by atoms with Gasteiger partial charge in [0.25, 0.3) is 5.91 Å². The van der Waals surface area contributed by atoms with E-state index in [1.807, 2.05) is 18.9 Å². The molecule has 7 heteroatoms. The number of rotatable bonds is 2. The summed E-state index contributed by atoms with van der Waals surface area (Å²) in [5.74, 6) is 2.30. The molecule has 1 saturated heterocycles. The second-order valence-electron chi connectivity index (χ2n) is 6.55. The molecule has 2 aromatic rings. The molecule has 0 aliphatic carbocycles. The lowest BCUT2D eigenvalue weighted by Gasteiger charge is -2.31. The van der Waals surface area contributed by atoms with Crippen LogP contribution >= 0.6 is 0 Å². The fourth-order valence-electron chi connectivity index (χ4n) is 3.61. The number of hydrogen-bond donors (Lipinski definition) is 0. The van der Waals surface area contributed by atoms with E-state index in [0.29, 0.717) is 18.9 Å². The Kier molecular flexibility index (Phi) is 3.70. The molecule has 0 saturated carbocycles. The van der Waals surface area contributed by atoms with Crippen molar-refractivity contribution in [3.8, 4) is 0 Å². The van der Waals surface area contributed by atoms with Crippen molar-refractivity contribution in [3.05, 3.63) is 35.3 Å². The van der Waals surface area contributed by atoms with Gasteiger partial charge in [-0.2, -0.15) is 0 Å². The number of anilines is 1. The number of aryl methyl sites for hydroxylation is 2. The summed E-state index contributed by atoms with van der Waals surface area (Å²) < 4.78 is 1.76. The summed E-state index contributed by atoms with van der Waals surface area (Å²) in [6.07, 6.45) is 6.70. The smallest absolute Gasteiger partial charge is 0.290 e. The van der Waals surface area contributed by atoms with Gasteiger partial charge in [0.1, 0.15) is 11.6 Å². The lowest BCUT2D eigenvalue weighted by molar-refractivity contribution is 0.0715. The third-order valence-electron chi connectivity index (χ3n) is 4.86. The predicted octanol–water partition coefficient (Wildman–Crippen LogP) is 1.32. The molecule has 0 bridgehead atoms. The largest absolute Gasteiger partial charge is 0.356 e. The second-order valence-corrected chi connectivity index (χ2v) is 6.55. The molecule has 126 valence electrons. The molecule has 2 aliphatic heterocycles. The van der Waals surface area contributed by atoms with Gasteiger partial charge in [0.2, 0.25) is 0 Å². The fraction of sp³-hybridized carbons (Fsp3) is 0.529. The molecule has 0 unspecified atom stereocenters. The molecular weight excluding hydrogens is 304 g/mol. The van der Waals surface area contributed by atoms with Crippen LogP contribution in [0.5, 0.6) is 0 Å². The normalized spacial score (nSPS) is 17.2. The van der Waals surface area contributed by atoms with E-state index in [1.165, 1.54) is 18.4 Å². The first kappa shape index (κ1) is 15.1. The van der Waals surface area contributed by atoms with Crippen molar-refractivity contribution in [3.63, 3.8) is 0 Å². The first-order valence-electron chi connectivity index (χ1n) is 8.51. The Morgan fingerprint density at radius 3 is 2.67 bits per heavy atom. The number of aromatic nitrogens is 4. The average Bonchev–Trinajstić information content (AvgIpc) is 3.24. The molecule has 0 spiro atoms. The van der Waals surface area contributed by atoms with Gasteiger partial charge in [-0.25, -0.2) is 15.0 Å². The van der Waals surface area contributed by atoms with Crippen LogP contribution in [-0.2, 0) is 20.0 Å². The van der Waals surface area contributed by atoms with Crippen molar-refractivity contribution < 1.29 is 4.79 Å². The maximum Gasteiger partial charge on any atom is 0.290 e. The minimum absolute atomic E-state index is 0.0351. The third-order valence-corrected chi connectivity index (χ3v) is 4.86. The number of carbonyl (C=O) groups excluding carboxylic acids is 1. The molecule has 4 rings (SSSR count). The van der Waals surface area contributed by atoms with Crippen LogP contribution in [0.2, 0.25) is 0 Å². The van der Waals surface area contributed by atoms with Crippen LogP contribution in [0.4, 0.5) is 5.82 Å². The number of amides is 1. The van der Waals surface area contributed by atoms with Crippen molar-refractivity contribution in [1.29, 1.82) is 0 Å². The summed E-state index contributed by atoms with van der Waals surface area (Å²) in [7, 11) is 1.84. The van der Waals surface area contributed by atoms with Gasteiger partial charge in [-0.15, -0.1) is 0 Å². The maximum atomic E-state index is 12.7. The highest BCUT2D eigenvalue weighted by molar-refractivity contribution is 5.91. The van der Waals surface area contributed by atoms with E-state index in [4.69, 9.17) is 4.98 Å². The van der Waals surface area contributed by atoms with Crippen molar-refractivity contribution in [2.75, 3.05) is 24.5 Å². The molecule has 4 heterocycles. The molecule has 2 aromatic heterocycles. The molecular formula is C17H22N6O. The average molecular weight is 326 g/mol. The monoisotopic (exact) mass is 326 g/mol. The number of hydrogen-bond acceptors (Lipinski definition) is 5. The van der Waals surface area contributed by atoms with Crippen molar-refractivity contribution in [2.45, 2.75) is 32.7 Å². The van der Waals surface area contributed by atoms with E-state index in [-0.39, 0.29) is 5.91 Å². The van der Waals surface area contributed by atoms with Gasteiger partial charge >= 0.3 is 0 Å². The van der Waals surface area contributed by atoms with Gasteiger partial charge in [-0.1, -0.05) is 0 Å². The number of imidazole rings is 1. The third kappa shape index (κ3) is 2.53. The predicted molar refractivity (Wildman–Crippen MR) is 89.9 cm³/mol. The molecule has 1 amide bonds. The molecule has 0 radical (unpaired) electrons. The minimum atomic E-state index is -0.0351. The van der Waals surface area contributed by atoms with Crippen molar-refractivity contribution >= 4 is 11.7 Å². The zero-order valence-electron chi connectivity index (χ0n) is 14.2. The number of nitrogens with zero attached hydrogens (tertiary/aromatic N) is 6. The van der Waals surface area contributed by atoms with Crippen molar-refractivity contribution in [1.82, 2.24) is 24.4 Å². The first-order valence-corrected chi connectivity index (χ1v) is 8.51. The van der Waals surface area contributed by atoms with Gasteiger partial charge < -0.3 is 14.4 Å². The van der Waals surface area contributed by atoms with Crippen LogP contribution in [0.15, 0.2) is 12.4 Å². The van der Waals surface area contributed by atoms with Crippen LogP contribution in [0.3, 0.4) is 0 Å². The highest BCUT2D eigenvalue weighted by Crippen LogP contribution is 2.29. The quantitative estimate of drug-likeness (QED) is 0.832. The Bertz CT molecular complexity index is 777. The standard InChI is InChI=1S/C17H22N6O/c1-12-19-14-11-23(17(24)16-18-6-10-21(16)2)9-5-13(14)15(20-12)22-7-3-4-8-22/h6,10H,3-5,7-9,11H2,1-2H3. The zero-order chi connectivity index (χ0) is 16.7. The van der Waals surface area contributed by atoms with Crippen LogP contribution in [0.1, 0.15) is 40.5 Å². The second kappa shape index (κ2) is 5.89. The highest BCUT2D eigenvalue weighted by atomic mass is 16.2. The molecule has 24 heavy (non-hydrogen) atoms. The highest BCUT2D eigenvalue weighted by Gasteiger charge is 2.29. The summed E-state index contributed by atoms with van der Waals surface area (Å²) in [6.45, 7) is 5.29. The van der Waals surface area contributed by atoms with Crippen LogP contribution in [-0.4, -0.2) is 50.0 Å². The van der Waals surface area contributed by atoms with Gasteiger partial charge in [-0.3, -0.25) is 4.79 Å². The Morgan fingerprint density at radius 1 is 1.17 bits per heavy atom. The lowest BCUT2D eigenvalue weighted by atomic mass is 10.0. The molecule has 1 fully saturated rings. The summed E-state index contributed by atoms with van der Waals surface area (Å²) in [5, 5.41) is 0. The molecule has 0 N–H and O–H groups in total. The van der Waals surface area contributed by atoms with Gasteiger partial charge in [0, 0.05) is 44.6 Å². The van der Waals surface area contributed by atoms with Gasteiger partial charge in [-0.05, 0) is 26.2 Å². The van der Waals surface area contributed by atoms with Crippen LogP contribution < -0.4 is 4.90 Å². The summed E-state index contributed by atoms with van der Waals surface area (Å²) >= 11 is 0. The van der Waals surface area contributed by atoms with Gasteiger partial charge in [0.15, 0.2) is 5.82 Å². The molecule has 2 aliphatic rings. The number of carbonyl (C=O) groups is 1. The minimum Gasteiger partial charge on any atom is -0.356 e. The van der Waals surface area contributed by atoms with E-state index >= 15 is 0 Å². The Hall–Kier alpha value is -2.44. The van der Waals surface area contributed by atoms with E-state index in [9.17, 15) is 4.79 Å². The first-order chi connectivity index (χ1) is 11.6. The Balaban J connectivity index is 1.63. The zero-order valence-corrected chi connectivity index (χ0v) is 14.2. The van der Waals surface area contributed by atoms with Crippen LogP contribution in [0.25, 0.3) is 0 Å². The van der Waals surface area contributed by atoms with E-state index < -0.39 is 0 Å². The lowest BCUT2D eigenvalue weighted by Crippen LogP contribution is -2.39. The Labute approximate surface area is 141 Å². The van der Waals surface area contributed by atoms with E-state index in [1.54, 1.807) is 17.0 Å². The SMILES string of the molecule is Cc1nc2c(c(N3CCCC3)n1)CCN(C(=O)c1nccn1C)C2. The Morgan fingerprint density at radius 2 is 1.96 bits per heavy atom. The fourth-order valence-corrected chi connectivity index (χ4v) is 3.61. The van der Waals surface area contributed by atoms with E-state index in [2.05, 4.69) is 14.9 Å². The van der Waals surface area contributed by atoms with E-state index in [0.717, 1.165) is 36.8 Å². The molecule has 0 atom stereocenters. The van der Waals surface area contributed by atoms with Gasteiger partial charge in [0.05, 0.1) is 12.2 Å². The summed E-state index contributed by atoms with van der Waals surface area (Å²) in [6, 6.07) is 0. The topological polar surface area (TPSA) is 67.2 Å².